The highest BCUT2D eigenvalue weighted by atomic mass is 32.2. The molecule has 0 heterocycles. The van der Waals surface area contributed by atoms with Gasteiger partial charge in [0.15, 0.2) is 0 Å². The Hall–Kier alpha value is -0.920. The van der Waals surface area contributed by atoms with Gasteiger partial charge in [0.05, 0.1) is 5.69 Å². The van der Waals surface area contributed by atoms with Crippen LogP contribution in [0.3, 0.4) is 0 Å². The molecule has 1 atom stereocenters. The predicted molar refractivity (Wildman–Crippen MR) is 78.3 cm³/mol. The van der Waals surface area contributed by atoms with Crippen molar-refractivity contribution >= 4 is 33.2 Å². The third-order valence-corrected chi connectivity index (χ3v) is 4.57. The molecule has 0 spiro atoms. The minimum Gasteiger partial charge on any atom is -0.399 e. The lowest BCUT2D eigenvalue weighted by Gasteiger charge is -2.13. The monoisotopic (exact) mass is 289 g/mol. The van der Waals surface area contributed by atoms with Crippen LogP contribution in [-0.4, -0.2) is 26.5 Å². The van der Waals surface area contributed by atoms with E-state index in [4.69, 9.17) is 10.9 Å². The summed E-state index contributed by atoms with van der Waals surface area (Å²) in [5.41, 5.74) is 6.45. The van der Waals surface area contributed by atoms with Gasteiger partial charge in [-0.05, 0) is 30.9 Å². The lowest BCUT2D eigenvalue weighted by molar-refractivity contribution is 0.598. The van der Waals surface area contributed by atoms with Crippen LogP contribution in [0.2, 0.25) is 0 Å². The van der Waals surface area contributed by atoms with Crippen LogP contribution in [0.4, 0.5) is 11.4 Å². The van der Waals surface area contributed by atoms with E-state index >= 15 is 0 Å². The second kappa shape index (κ2) is 6.31. The smallest absolute Gasteiger partial charge is 0.240 e. The van der Waals surface area contributed by atoms with Crippen molar-refractivity contribution in [2.24, 2.45) is 5.14 Å². The lowest BCUT2D eigenvalue weighted by atomic mass is 10.2. The topological polar surface area (TPSA) is 98.2 Å². The zero-order valence-corrected chi connectivity index (χ0v) is 12.1. The van der Waals surface area contributed by atoms with Crippen molar-refractivity contribution < 1.29 is 8.42 Å². The summed E-state index contributed by atoms with van der Waals surface area (Å²) in [7, 11) is -3.76. The van der Waals surface area contributed by atoms with Crippen LogP contribution in [0.25, 0.3) is 0 Å². The largest absolute Gasteiger partial charge is 0.399 e. The van der Waals surface area contributed by atoms with Gasteiger partial charge in [0, 0.05) is 17.5 Å². The second-order valence-electron chi connectivity index (χ2n) is 4.06. The Morgan fingerprint density at radius 2 is 2.11 bits per heavy atom. The van der Waals surface area contributed by atoms with Gasteiger partial charge < -0.3 is 11.1 Å². The summed E-state index contributed by atoms with van der Waals surface area (Å²) < 4.78 is 22.9. The van der Waals surface area contributed by atoms with Crippen LogP contribution >= 0.6 is 11.8 Å². The van der Waals surface area contributed by atoms with Crippen molar-refractivity contribution in [2.75, 3.05) is 23.9 Å². The van der Waals surface area contributed by atoms with E-state index in [1.165, 1.54) is 6.07 Å². The third-order valence-electron chi connectivity index (χ3n) is 2.58. The van der Waals surface area contributed by atoms with Crippen LogP contribution in [0, 0.1) is 0 Å². The highest BCUT2D eigenvalue weighted by Crippen LogP contribution is 2.23. The average molecular weight is 289 g/mol. The Kier molecular flexibility index (Phi) is 5.30. The lowest BCUT2D eigenvalue weighted by Crippen LogP contribution is -2.16. The molecule has 1 rings (SSSR count). The van der Waals surface area contributed by atoms with Gasteiger partial charge in [-0.1, -0.05) is 6.92 Å². The molecule has 5 nitrogen and oxygen atoms in total. The molecule has 1 aromatic carbocycles. The minimum absolute atomic E-state index is 0.0410. The molecular weight excluding hydrogens is 270 g/mol. The quantitative estimate of drug-likeness (QED) is 0.689. The molecule has 18 heavy (non-hydrogen) atoms. The first-order chi connectivity index (χ1) is 8.34. The van der Waals surface area contributed by atoms with E-state index < -0.39 is 10.0 Å². The number of nitrogens with one attached hydrogen (secondary N) is 1. The average Bonchev–Trinajstić information content (AvgIpc) is 2.29. The first-order valence-electron chi connectivity index (χ1n) is 5.53. The fourth-order valence-electron chi connectivity index (χ4n) is 1.45. The Morgan fingerprint density at radius 3 is 2.67 bits per heavy atom. The molecule has 0 saturated carbocycles. The molecule has 0 radical (unpaired) electrons. The first-order valence-corrected chi connectivity index (χ1v) is 8.37. The summed E-state index contributed by atoms with van der Waals surface area (Å²) in [6.07, 6.45) is 2.99. The standard InChI is InChI=1S/C11H19N3O2S2/c1-8(17-2)5-6-14-10-4-3-9(12)7-11(10)18(13,15)16/h3-4,7-8,14H,5-6,12H2,1-2H3,(H2,13,15,16). The molecule has 5 N–H and O–H groups in total. The van der Waals surface area contributed by atoms with Crippen molar-refractivity contribution in [1.29, 1.82) is 0 Å². The molecule has 1 aromatic rings. The maximum Gasteiger partial charge on any atom is 0.240 e. The third kappa shape index (κ3) is 4.40. The van der Waals surface area contributed by atoms with Gasteiger partial charge in [0.25, 0.3) is 0 Å². The molecule has 0 aliphatic carbocycles. The van der Waals surface area contributed by atoms with Crippen LogP contribution in [0.1, 0.15) is 13.3 Å². The minimum atomic E-state index is -3.76. The number of benzene rings is 1. The molecule has 0 amide bonds. The number of sulfonamides is 1. The molecule has 0 aromatic heterocycles. The van der Waals surface area contributed by atoms with Gasteiger partial charge in [0.2, 0.25) is 10.0 Å². The number of hydrogen-bond donors (Lipinski definition) is 3. The van der Waals surface area contributed by atoms with Gasteiger partial charge in [-0.15, -0.1) is 0 Å². The van der Waals surface area contributed by atoms with Gasteiger partial charge in [-0.3, -0.25) is 0 Å². The van der Waals surface area contributed by atoms with Crippen molar-refractivity contribution in [3.63, 3.8) is 0 Å². The van der Waals surface area contributed by atoms with Gasteiger partial charge in [-0.25, -0.2) is 13.6 Å². The Labute approximate surface area is 112 Å². The maximum atomic E-state index is 11.4. The number of primary sulfonamides is 1. The fourth-order valence-corrected chi connectivity index (χ4v) is 2.55. The number of thioether (sulfide) groups is 1. The molecule has 102 valence electrons. The summed E-state index contributed by atoms with van der Waals surface area (Å²) in [5.74, 6) is 0. The zero-order chi connectivity index (χ0) is 13.8. The summed E-state index contributed by atoms with van der Waals surface area (Å²) >= 11 is 1.77. The van der Waals surface area contributed by atoms with Crippen LogP contribution in [0.5, 0.6) is 0 Å². The molecule has 1 unspecified atom stereocenters. The second-order valence-corrected chi connectivity index (χ2v) is 6.87. The van der Waals surface area contributed by atoms with E-state index in [2.05, 4.69) is 12.2 Å². The number of nitrogens with two attached hydrogens (primary N) is 2. The molecule has 0 aliphatic rings. The number of nitrogen functional groups attached to an aromatic ring is 1. The van der Waals surface area contributed by atoms with Crippen LogP contribution < -0.4 is 16.2 Å². The molecule has 0 aliphatic heterocycles. The maximum absolute atomic E-state index is 11.4. The van der Waals surface area contributed by atoms with E-state index in [-0.39, 0.29) is 4.90 Å². The summed E-state index contributed by atoms with van der Waals surface area (Å²) in [4.78, 5) is 0.0410. The van der Waals surface area contributed by atoms with E-state index in [9.17, 15) is 8.42 Å². The molecular formula is C11H19N3O2S2. The van der Waals surface area contributed by atoms with E-state index in [1.54, 1.807) is 23.9 Å². The van der Waals surface area contributed by atoms with Gasteiger partial charge in [-0.2, -0.15) is 11.8 Å². The van der Waals surface area contributed by atoms with Crippen molar-refractivity contribution in [2.45, 2.75) is 23.5 Å². The zero-order valence-electron chi connectivity index (χ0n) is 10.5. The fraction of sp³-hybridized carbons (Fsp3) is 0.455. The van der Waals surface area contributed by atoms with E-state index in [0.29, 0.717) is 23.2 Å². The summed E-state index contributed by atoms with van der Waals surface area (Å²) in [6.45, 7) is 2.81. The van der Waals surface area contributed by atoms with Crippen molar-refractivity contribution in [3.8, 4) is 0 Å². The Morgan fingerprint density at radius 1 is 1.44 bits per heavy atom. The Balaban J connectivity index is 2.83. The summed E-state index contributed by atoms with van der Waals surface area (Å²) in [5, 5.41) is 8.76. The SMILES string of the molecule is CSC(C)CCNc1ccc(N)cc1S(N)(=O)=O. The van der Waals surface area contributed by atoms with E-state index in [1.807, 2.05) is 6.26 Å². The van der Waals surface area contributed by atoms with E-state index in [0.717, 1.165) is 6.42 Å². The first kappa shape index (κ1) is 15.1. The summed E-state index contributed by atoms with van der Waals surface area (Å²) in [6, 6.07) is 4.66. The highest BCUT2D eigenvalue weighted by Gasteiger charge is 2.14. The molecule has 0 saturated heterocycles. The van der Waals surface area contributed by atoms with Gasteiger partial charge in [0.1, 0.15) is 4.90 Å². The molecule has 7 heteroatoms. The molecule has 0 bridgehead atoms. The van der Waals surface area contributed by atoms with Crippen molar-refractivity contribution in [1.82, 2.24) is 0 Å². The van der Waals surface area contributed by atoms with Crippen LogP contribution in [0.15, 0.2) is 23.1 Å². The number of anilines is 2. The normalized spacial score (nSPS) is 13.3. The van der Waals surface area contributed by atoms with Crippen molar-refractivity contribution in [3.05, 3.63) is 18.2 Å². The van der Waals surface area contributed by atoms with Gasteiger partial charge >= 0.3 is 0 Å². The Bertz CT molecular complexity index is 503. The molecule has 0 fully saturated rings. The van der Waals surface area contributed by atoms with Crippen LogP contribution in [-0.2, 0) is 10.0 Å². The number of hydrogen-bond acceptors (Lipinski definition) is 5. The highest BCUT2D eigenvalue weighted by molar-refractivity contribution is 7.99. The predicted octanol–water partition coefficient (Wildman–Crippen LogP) is 1.47. The number of rotatable bonds is 6.